The molecule has 0 aromatic heterocycles. The van der Waals surface area contributed by atoms with E-state index in [1.165, 1.54) is 0 Å². The highest BCUT2D eigenvalue weighted by molar-refractivity contribution is 9.10. The van der Waals surface area contributed by atoms with E-state index in [9.17, 15) is 15.0 Å². The summed E-state index contributed by atoms with van der Waals surface area (Å²) in [6, 6.07) is 26.8. The molecular formula is C31H25Br2Cl5O4. The van der Waals surface area contributed by atoms with Crippen LogP contribution in [0, 0.1) is 0 Å². The summed E-state index contributed by atoms with van der Waals surface area (Å²) in [7, 11) is 0. The highest BCUT2D eigenvalue weighted by Gasteiger charge is 2.50. The molecule has 42 heavy (non-hydrogen) atoms. The quantitative estimate of drug-likeness (QED) is 0.151. The molecule has 0 amide bonds. The van der Waals surface area contributed by atoms with Crippen LogP contribution in [0.1, 0.15) is 36.1 Å². The minimum absolute atomic E-state index is 0.315. The van der Waals surface area contributed by atoms with Gasteiger partial charge in [0.2, 0.25) is 9.39 Å². The van der Waals surface area contributed by atoms with Crippen molar-refractivity contribution in [3.05, 3.63) is 138 Å². The summed E-state index contributed by atoms with van der Waals surface area (Å²) in [4.78, 5) is 12.6. The molecule has 222 valence electrons. The van der Waals surface area contributed by atoms with Crippen LogP contribution >= 0.6 is 89.9 Å². The lowest BCUT2D eigenvalue weighted by Gasteiger charge is -2.35. The smallest absolute Gasteiger partial charge is 0.347 e. The lowest BCUT2D eigenvalue weighted by atomic mass is 9.86. The van der Waals surface area contributed by atoms with Crippen molar-refractivity contribution in [1.82, 2.24) is 0 Å². The topological polar surface area (TPSA) is 66.8 Å². The van der Waals surface area contributed by atoms with Gasteiger partial charge in [-0.05, 0) is 84.6 Å². The van der Waals surface area contributed by atoms with Gasteiger partial charge in [0, 0.05) is 19.0 Å². The maximum Gasteiger partial charge on any atom is 0.347 e. The monoisotopic (exact) mass is 794 g/mol. The molecule has 0 saturated carbocycles. The average molecular weight is 799 g/mol. The van der Waals surface area contributed by atoms with E-state index in [2.05, 4.69) is 31.9 Å². The van der Waals surface area contributed by atoms with E-state index in [4.69, 9.17) is 62.7 Å². The van der Waals surface area contributed by atoms with E-state index >= 15 is 0 Å². The van der Waals surface area contributed by atoms with E-state index in [0.717, 1.165) is 8.95 Å². The molecule has 0 fully saturated rings. The lowest BCUT2D eigenvalue weighted by Crippen LogP contribution is -2.41. The first kappa shape index (κ1) is 35.2. The van der Waals surface area contributed by atoms with Crippen molar-refractivity contribution in [3.63, 3.8) is 0 Å². The van der Waals surface area contributed by atoms with Crippen molar-refractivity contribution >= 4 is 95.8 Å². The second-order valence-electron chi connectivity index (χ2n) is 9.40. The normalized spacial score (nSPS) is 12.0. The molecule has 0 heterocycles. The highest BCUT2D eigenvalue weighted by Crippen LogP contribution is 2.49. The molecule has 4 nitrogen and oxygen atoms in total. The SMILES string of the molecule is CC(C)OC(=O)C(O)(c1ccc(Br)cc1)c1ccc(Br)cc1.OC(c1ccc(Cl)cc1)(c1ccc(Cl)cc1)C(Cl)(Cl)Cl. The van der Waals surface area contributed by atoms with Crippen LogP contribution in [-0.2, 0) is 20.7 Å². The van der Waals surface area contributed by atoms with Gasteiger partial charge >= 0.3 is 5.97 Å². The molecule has 0 atom stereocenters. The summed E-state index contributed by atoms with van der Waals surface area (Å²) in [5.41, 5.74) is -1.89. The fourth-order valence-electron chi connectivity index (χ4n) is 3.96. The molecule has 0 radical (unpaired) electrons. The van der Waals surface area contributed by atoms with Crippen molar-refractivity contribution in [2.45, 2.75) is 34.9 Å². The Morgan fingerprint density at radius 2 is 0.952 bits per heavy atom. The molecule has 0 aliphatic carbocycles. The Kier molecular flexibility index (Phi) is 12.3. The van der Waals surface area contributed by atoms with Gasteiger partial charge in [-0.2, -0.15) is 0 Å². The van der Waals surface area contributed by atoms with Crippen LogP contribution < -0.4 is 0 Å². The van der Waals surface area contributed by atoms with Gasteiger partial charge in [0.05, 0.1) is 6.10 Å². The first-order chi connectivity index (χ1) is 19.6. The van der Waals surface area contributed by atoms with E-state index in [0.29, 0.717) is 32.3 Å². The number of aliphatic hydroxyl groups is 2. The third kappa shape index (κ3) is 8.23. The molecule has 4 rings (SSSR count). The summed E-state index contributed by atoms with van der Waals surface area (Å²) >= 11 is 36.4. The number of carbonyl (C=O) groups excluding carboxylic acids is 1. The van der Waals surface area contributed by atoms with E-state index in [1.807, 2.05) is 0 Å². The number of hydrogen-bond acceptors (Lipinski definition) is 4. The molecule has 0 saturated heterocycles. The number of rotatable bonds is 6. The Balaban J connectivity index is 0.000000231. The first-order valence-corrected chi connectivity index (χ1v) is 15.8. The Bertz CT molecular complexity index is 1380. The molecule has 0 aliphatic rings. The number of alkyl halides is 3. The van der Waals surface area contributed by atoms with Crippen molar-refractivity contribution < 1.29 is 19.7 Å². The van der Waals surface area contributed by atoms with Gasteiger partial charge in [-0.15, -0.1) is 0 Å². The number of benzene rings is 4. The number of esters is 1. The summed E-state index contributed by atoms with van der Waals surface area (Å²) < 4.78 is 5.04. The van der Waals surface area contributed by atoms with Crippen LogP contribution in [-0.4, -0.2) is 26.1 Å². The average Bonchev–Trinajstić information content (AvgIpc) is 2.93. The van der Waals surface area contributed by atoms with E-state index in [1.54, 1.807) is 111 Å². The largest absolute Gasteiger partial charge is 0.460 e. The van der Waals surface area contributed by atoms with Gasteiger partial charge in [0.15, 0.2) is 5.60 Å². The molecular weight excluding hydrogens is 773 g/mol. The zero-order valence-corrected chi connectivity index (χ0v) is 29.1. The van der Waals surface area contributed by atoms with Crippen LogP contribution in [0.25, 0.3) is 0 Å². The van der Waals surface area contributed by atoms with Crippen LogP contribution in [0.5, 0.6) is 0 Å². The van der Waals surface area contributed by atoms with Crippen molar-refractivity contribution in [2.24, 2.45) is 0 Å². The Labute approximate surface area is 286 Å². The number of ether oxygens (including phenoxy) is 1. The molecule has 4 aromatic rings. The van der Waals surface area contributed by atoms with Crippen LogP contribution in [0.15, 0.2) is 106 Å². The van der Waals surface area contributed by atoms with Gasteiger partial charge in [0.1, 0.15) is 0 Å². The predicted octanol–water partition coefficient (Wildman–Crippen LogP) is 10.00. The Morgan fingerprint density at radius 1 is 0.643 bits per heavy atom. The Hall–Kier alpha value is -1.32. The van der Waals surface area contributed by atoms with Crippen molar-refractivity contribution in [3.8, 4) is 0 Å². The van der Waals surface area contributed by atoms with Crippen LogP contribution in [0.2, 0.25) is 10.0 Å². The molecule has 0 spiro atoms. The third-order valence-electron chi connectivity index (χ3n) is 6.10. The van der Waals surface area contributed by atoms with Crippen LogP contribution in [0.4, 0.5) is 0 Å². The molecule has 0 aliphatic heterocycles. The van der Waals surface area contributed by atoms with Gasteiger partial charge in [-0.1, -0.05) is 138 Å². The van der Waals surface area contributed by atoms with Gasteiger partial charge < -0.3 is 14.9 Å². The maximum absolute atomic E-state index is 12.6. The summed E-state index contributed by atoms with van der Waals surface area (Å²) in [5, 5.41) is 23.2. The zero-order valence-electron chi connectivity index (χ0n) is 22.2. The molecule has 11 heteroatoms. The molecule has 2 N–H and O–H groups in total. The Morgan fingerprint density at radius 3 is 1.24 bits per heavy atom. The fourth-order valence-corrected chi connectivity index (χ4v) is 5.40. The number of halogens is 7. The second-order valence-corrected chi connectivity index (χ2v) is 14.4. The summed E-state index contributed by atoms with van der Waals surface area (Å²) in [6.07, 6.45) is -0.315. The zero-order chi connectivity index (χ0) is 31.3. The van der Waals surface area contributed by atoms with Gasteiger partial charge in [0.25, 0.3) is 0 Å². The molecule has 0 bridgehead atoms. The predicted molar refractivity (Wildman–Crippen MR) is 179 cm³/mol. The lowest BCUT2D eigenvalue weighted by molar-refractivity contribution is -0.166. The van der Waals surface area contributed by atoms with Gasteiger partial charge in [-0.3, -0.25) is 0 Å². The van der Waals surface area contributed by atoms with Crippen molar-refractivity contribution in [2.75, 3.05) is 0 Å². The highest BCUT2D eigenvalue weighted by atomic mass is 79.9. The molecule has 0 unspecified atom stereocenters. The van der Waals surface area contributed by atoms with E-state index in [-0.39, 0.29) is 6.10 Å². The number of hydrogen-bond donors (Lipinski definition) is 2. The minimum Gasteiger partial charge on any atom is -0.460 e. The summed E-state index contributed by atoms with van der Waals surface area (Å²) in [5.74, 6) is -0.688. The molecule has 4 aromatic carbocycles. The van der Waals surface area contributed by atoms with Gasteiger partial charge in [-0.25, -0.2) is 4.79 Å². The van der Waals surface area contributed by atoms with E-state index < -0.39 is 21.0 Å². The third-order valence-corrected chi connectivity index (χ3v) is 8.48. The van der Waals surface area contributed by atoms with Crippen LogP contribution in [0.3, 0.4) is 0 Å². The number of carbonyl (C=O) groups is 1. The maximum atomic E-state index is 12.6. The minimum atomic E-state index is -1.96. The van der Waals surface area contributed by atoms with Crippen molar-refractivity contribution in [1.29, 1.82) is 0 Å². The fraction of sp³-hybridized carbons (Fsp3) is 0.194. The second kappa shape index (κ2) is 14.6. The summed E-state index contributed by atoms with van der Waals surface area (Å²) in [6.45, 7) is 3.50. The first-order valence-electron chi connectivity index (χ1n) is 12.4. The standard InChI is InChI=1S/C17H16Br2O3.C14H9Cl5O/c1-11(2)22-16(20)17(21,12-3-7-14(18)8-4-12)13-5-9-15(19)10-6-13;15-11-5-1-9(2-6-11)13(20,14(17,18)19)10-3-7-12(16)8-4-10/h3-11,21H,1-2H3;1-8,20H.